The third-order valence-corrected chi connectivity index (χ3v) is 4.02. The number of imidazole rings is 1. The van der Waals surface area contributed by atoms with E-state index in [0.717, 1.165) is 24.9 Å². The summed E-state index contributed by atoms with van der Waals surface area (Å²) in [5.41, 5.74) is 8.31. The lowest BCUT2D eigenvalue weighted by atomic mass is 10.0. The van der Waals surface area contributed by atoms with Gasteiger partial charge in [-0.1, -0.05) is 12.1 Å². The molecule has 1 saturated carbocycles. The third-order valence-electron chi connectivity index (χ3n) is 4.02. The van der Waals surface area contributed by atoms with Gasteiger partial charge >= 0.3 is 5.69 Å². The largest absolute Gasteiger partial charge is 0.332 e. The van der Waals surface area contributed by atoms with Crippen LogP contribution in [0.15, 0.2) is 41.5 Å². The van der Waals surface area contributed by atoms with E-state index in [1.807, 2.05) is 38.4 Å². The Balaban J connectivity index is 1.86. The van der Waals surface area contributed by atoms with E-state index in [-0.39, 0.29) is 17.3 Å². The summed E-state index contributed by atoms with van der Waals surface area (Å²) in [6.07, 6.45) is 6.81. The van der Waals surface area contributed by atoms with Crippen molar-refractivity contribution in [3.8, 4) is 5.69 Å². The van der Waals surface area contributed by atoms with Crippen LogP contribution in [0.2, 0.25) is 0 Å². The quantitative estimate of drug-likeness (QED) is 0.927. The van der Waals surface area contributed by atoms with Crippen molar-refractivity contribution in [1.29, 1.82) is 0 Å². The van der Waals surface area contributed by atoms with Crippen molar-refractivity contribution in [2.75, 3.05) is 0 Å². The molecule has 20 heavy (non-hydrogen) atoms. The first kappa shape index (κ1) is 13.2. The normalized spacial score (nSPS) is 16.6. The van der Waals surface area contributed by atoms with Gasteiger partial charge in [0.05, 0.1) is 5.69 Å². The van der Waals surface area contributed by atoms with Crippen molar-refractivity contribution in [3.63, 3.8) is 0 Å². The summed E-state index contributed by atoms with van der Waals surface area (Å²) >= 11 is 0. The Morgan fingerprint density at radius 2 is 1.85 bits per heavy atom. The molecular weight excluding hydrogens is 250 g/mol. The van der Waals surface area contributed by atoms with Crippen LogP contribution in [0.1, 0.15) is 38.3 Å². The second-order valence-corrected chi connectivity index (χ2v) is 6.16. The molecule has 4 nitrogen and oxygen atoms in total. The van der Waals surface area contributed by atoms with Crippen molar-refractivity contribution >= 4 is 0 Å². The van der Waals surface area contributed by atoms with E-state index >= 15 is 0 Å². The minimum atomic E-state index is 0.00485. The SMILES string of the molecule is CC(C)n1ccn(-c2ccc(CC3(N)CC3)cc2)c1=O. The molecular formula is C16H21N3O. The molecule has 0 amide bonds. The summed E-state index contributed by atoms with van der Waals surface area (Å²) in [6.45, 7) is 4.01. The summed E-state index contributed by atoms with van der Waals surface area (Å²) in [6, 6.07) is 8.30. The van der Waals surface area contributed by atoms with E-state index in [2.05, 4.69) is 12.1 Å². The fourth-order valence-corrected chi connectivity index (χ4v) is 2.50. The predicted molar refractivity (Wildman–Crippen MR) is 80.3 cm³/mol. The molecule has 0 radical (unpaired) electrons. The van der Waals surface area contributed by atoms with Crippen LogP contribution in [0.4, 0.5) is 0 Å². The lowest BCUT2D eigenvalue weighted by molar-refractivity contribution is 0.574. The van der Waals surface area contributed by atoms with Gasteiger partial charge in [-0.25, -0.2) is 4.79 Å². The highest BCUT2D eigenvalue weighted by Gasteiger charge is 2.37. The topological polar surface area (TPSA) is 52.9 Å². The number of hydrogen-bond donors (Lipinski definition) is 1. The van der Waals surface area contributed by atoms with Gasteiger partial charge in [0.1, 0.15) is 0 Å². The minimum absolute atomic E-state index is 0.00485. The van der Waals surface area contributed by atoms with Gasteiger partial charge in [0.2, 0.25) is 0 Å². The van der Waals surface area contributed by atoms with Gasteiger partial charge in [-0.3, -0.25) is 9.13 Å². The Labute approximate surface area is 118 Å². The maximum absolute atomic E-state index is 12.2. The Morgan fingerprint density at radius 3 is 2.35 bits per heavy atom. The fraction of sp³-hybridized carbons (Fsp3) is 0.438. The fourth-order valence-electron chi connectivity index (χ4n) is 2.50. The summed E-state index contributed by atoms with van der Waals surface area (Å²) in [5, 5.41) is 0. The van der Waals surface area contributed by atoms with Gasteiger partial charge in [0.25, 0.3) is 0 Å². The zero-order valence-corrected chi connectivity index (χ0v) is 12.0. The number of nitrogens with two attached hydrogens (primary N) is 1. The first-order valence-corrected chi connectivity index (χ1v) is 7.16. The molecule has 0 aliphatic heterocycles. The van der Waals surface area contributed by atoms with E-state index < -0.39 is 0 Å². The number of aromatic nitrogens is 2. The number of benzene rings is 1. The molecule has 106 valence electrons. The van der Waals surface area contributed by atoms with Gasteiger partial charge in [-0.2, -0.15) is 0 Å². The molecule has 1 aliphatic rings. The Kier molecular flexibility index (Phi) is 3.05. The van der Waals surface area contributed by atoms with Crippen LogP contribution >= 0.6 is 0 Å². The second-order valence-electron chi connectivity index (χ2n) is 6.16. The standard InChI is InChI=1S/C16H21N3O/c1-12(2)18-9-10-19(15(18)20)14-5-3-13(4-6-14)11-16(17)7-8-16/h3-6,9-10,12H,7-8,11,17H2,1-2H3. The average molecular weight is 271 g/mol. The van der Waals surface area contributed by atoms with Crippen molar-refractivity contribution in [3.05, 3.63) is 52.7 Å². The molecule has 0 spiro atoms. The van der Waals surface area contributed by atoms with Crippen LogP contribution in [0, 0.1) is 0 Å². The Morgan fingerprint density at radius 1 is 1.20 bits per heavy atom. The highest BCUT2D eigenvalue weighted by atomic mass is 16.1. The first-order valence-electron chi connectivity index (χ1n) is 7.16. The summed E-state index contributed by atoms with van der Waals surface area (Å²) in [4.78, 5) is 12.2. The van der Waals surface area contributed by atoms with Crippen LogP contribution in [-0.2, 0) is 6.42 Å². The summed E-state index contributed by atoms with van der Waals surface area (Å²) in [5.74, 6) is 0. The lowest BCUT2D eigenvalue weighted by Crippen LogP contribution is -2.25. The molecule has 0 saturated heterocycles. The summed E-state index contributed by atoms with van der Waals surface area (Å²) in [7, 11) is 0. The van der Waals surface area contributed by atoms with E-state index in [9.17, 15) is 4.79 Å². The average Bonchev–Trinajstić information content (AvgIpc) is 2.99. The maximum atomic E-state index is 12.2. The van der Waals surface area contributed by atoms with Crippen LogP contribution in [0.25, 0.3) is 5.69 Å². The second kappa shape index (κ2) is 4.63. The third kappa shape index (κ3) is 2.43. The highest BCUT2D eigenvalue weighted by molar-refractivity contribution is 5.35. The maximum Gasteiger partial charge on any atom is 0.332 e. The molecule has 1 aromatic carbocycles. The molecule has 1 aromatic heterocycles. The van der Waals surface area contributed by atoms with Crippen LogP contribution in [-0.4, -0.2) is 14.7 Å². The Bertz CT molecular complexity index is 660. The summed E-state index contributed by atoms with van der Waals surface area (Å²) < 4.78 is 3.41. The molecule has 1 fully saturated rings. The van der Waals surface area contributed by atoms with E-state index in [1.54, 1.807) is 9.13 Å². The van der Waals surface area contributed by atoms with E-state index in [1.165, 1.54) is 5.56 Å². The van der Waals surface area contributed by atoms with E-state index in [0.29, 0.717) is 0 Å². The zero-order valence-electron chi connectivity index (χ0n) is 12.0. The monoisotopic (exact) mass is 271 g/mol. The van der Waals surface area contributed by atoms with Crippen LogP contribution in [0.3, 0.4) is 0 Å². The Hall–Kier alpha value is -1.81. The van der Waals surface area contributed by atoms with Gasteiger partial charge in [0, 0.05) is 24.0 Å². The molecule has 4 heteroatoms. The van der Waals surface area contributed by atoms with Crippen molar-refractivity contribution in [2.24, 2.45) is 5.73 Å². The molecule has 3 rings (SSSR count). The number of hydrogen-bond acceptors (Lipinski definition) is 2. The molecule has 2 aromatic rings. The van der Waals surface area contributed by atoms with Crippen molar-refractivity contribution in [1.82, 2.24) is 9.13 Å². The lowest BCUT2D eigenvalue weighted by Gasteiger charge is -2.09. The van der Waals surface area contributed by atoms with Gasteiger partial charge < -0.3 is 5.73 Å². The molecule has 0 atom stereocenters. The van der Waals surface area contributed by atoms with Gasteiger partial charge in [-0.15, -0.1) is 0 Å². The van der Waals surface area contributed by atoms with Crippen molar-refractivity contribution < 1.29 is 0 Å². The molecule has 0 unspecified atom stereocenters. The number of rotatable bonds is 4. The number of nitrogens with zero attached hydrogens (tertiary/aromatic N) is 2. The van der Waals surface area contributed by atoms with Gasteiger partial charge in [0.15, 0.2) is 0 Å². The van der Waals surface area contributed by atoms with Crippen LogP contribution < -0.4 is 11.4 Å². The molecule has 1 aliphatic carbocycles. The van der Waals surface area contributed by atoms with E-state index in [4.69, 9.17) is 5.73 Å². The highest BCUT2D eigenvalue weighted by Crippen LogP contribution is 2.35. The zero-order chi connectivity index (χ0) is 14.3. The van der Waals surface area contributed by atoms with Gasteiger partial charge in [-0.05, 0) is 50.8 Å². The van der Waals surface area contributed by atoms with Crippen molar-refractivity contribution in [2.45, 2.75) is 44.7 Å². The van der Waals surface area contributed by atoms with Crippen LogP contribution in [0.5, 0.6) is 0 Å². The molecule has 2 N–H and O–H groups in total. The minimum Gasteiger partial charge on any atom is -0.325 e. The molecule has 0 bridgehead atoms. The predicted octanol–water partition coefficient (Wildman–Crippen LogP) is 2.25. The molecule has 1 heterocycles. The first-order chi connectivity index (χ1) is 9.48. The smallest absolute Gasteiger partial charge is 0.325 e.